The molecular weight excluding hydrogens is 294 g/mol. The van der Waals surface area contributed by atoms with Crippen molar-refractivity contribution in [3.8, 4) is 0 Å². The largest absolute Gasteiger partial charge is 0.309 e. The second-order valence-electron chi connectivity index (χ2n) is 4.78. The van der Waals surface area contributed by atoms with E-state index in [0.717, 1.165) is 12.5 Å². The molecule has 0 aromatic carbocycles. The lowest BCUT2D eigenvalue weighted by Crippen LogP contribution is -2.23. The summed E-state index contributed by atoms with van der Waals surface area (Å²) in [5.41, 5.74) is 0. The Balaban J connectivity index is 2.60. The van der Waals surface area contributed by atoms with E-state index in [1.54, 1.807) is 0 Å². The van der Waals surface area contributed by atoms with Crippen molar-refractivity contribution in [1.29, 1.82) is 0 Å². The fourth-order valence-electron chi connectivity index (χ4n) is 2.15. The number of hydrogen-bond donors (Lipinski definition) is 1. The minimum Gasteiger partial charge on any atom is -0.309 e. The molecule has 1 heterocycles. The van der Waals surface area contributed by atoms with E-state index >= 15 is 0 Å². The lowest BCUT2D eigenvalue weighted by Gasteiger charge is -2.21. The Bertz CT molecular complexity index is 311. The van der Waals surface area contributed by atoms with Gasteiger partial charge in [-0.25, -0.2) is 0 Å². The van der Waals surface area contributed by atoms with Crippen molar-refractivity contribution in [2.75, 3.05) is 6.54 Å². The van der Waals surface area contributed by atoms with Gasteiger partial charge >= 0.3 is 0 Å². The molecule has 0 amide bonds. The minimum absolute atomic E-state index is 0.535. The molecule has 2 atom stereocenters. The predicted octanol–water partition coefficient (Wildman–Crippen LogP) is 5.38. The van der Waals surface area contributed by atoms with E-state index in [1.165, 1.54) is 34.3 Å². The Morgan fingerprint density at radius 3 is 2.59 bits per heavy atom. The summed E-state index contributed by atoms with van der Waals surface area (Å²) in [5.74, 6) is 0.801. The van der Waals surface area contributed by atoms with Gasteiger partial charge < -0.3 is 5.32 Å². The fraction of sp³-hybridized carbons (Fsp3) is 0.714. The first-order valence-corrected chi connectivity index (χ1v) is 8.26. The lowest BCUT2D eigenvalue weighted by molar-refractivity contribution is 0.394. The van der Waals surface area contributed by atoms with E-state index in [0.29, 0.717) is 6.04 Å². The topological polar surface area (TPSA) is 12.0 Å². The second-order valence-corrected chi connectivity index (χ2v) is 7.27. The predicted molar refractivity (Wildman–Crippen MR) is 81.7 cm³/mol. The van der Waals surface area contributed by atoms with Crippen molar-refractivity contribution in [2.45, 2.75) is 52.5 Å². The van der Waals surface area contributed by atoms with Crippen molar-refractivity contribution in [3.05, 3.63) is 20.8 Å². The summed E-state index contributed by atoms with van der Waals surface area (Å²) < 4.78 is 1.24. The van der Waals surface area contributed by atoms with Crippen molar-refractivity contribution >= 4 is 27.3 Å². The number of nitrogens with one attached hydrogen (secondary N) is 1. The van der Waals surface area contributed by atoms with E-state index in [4.69, 9.17) is 0 Å². The van der Waals surface area contributed by atoms with Crippen LogP contribution in [0.1, 0.15) is 57.4 Å². The lowest BCUT2D eigenvalue weighted by atomic mass is 9.96. The van der Waals surface area contributed by atoms with Crippen molar-refractivity contribution in [3.63, 3.8) is 0 Å². The van der Waals surface area contributed by atoms with Gasteiger partial charge in [-0.2, -0.15) is 0 Å². The van der Waals surface area contributed by atoms with Crippen LogP contribution in [0, 0.1) is 5.92 Å². The maximum absolute atomic E-state index is 3.68. The molecule has 0 fully saturated rings. The van der Waals surface area contributed by atoms with Gasteiger partial charge in [-0.05, 0) is 53.4 Å². The van der Waals surface area contributed by atoms with E-state index < -0.39 is 0 Å². The van der Waals surface area contributed by atoms with Gasteiger partial charge in [0.05, 0.1) is 3.79 Å². The molecule has 98 valence electrons. The molecule has 3 heteroatoms. The van der Waals surface area contributed by atoms with Crippen LogP contribution in [0.4, 0.5) is 0 Å². The summed E-state index contributed by atoms with van der Waals surface area (Å²) in [4.78, 5) is 1.47. The summed E-state index contributed by atoms with van der Waals surface area (Å²) in [6.45, 7) is 7.97. The molecule has 1 aromatic rings. The van der Waals surface area contributed by atoms with E-state index in [1.807, 2.05) is 11.3 Å². The van der Waals surface area contributed by atoms with Crippen LogP contribution in [0.5, 0.6) is 0 Å². The van der Waals surface area contributed by atoms with Crippen LogP contribution in [-0.4, -0.2) is 6.54 Å². The zero-order valence-corrected chi connectivity index (χ0v) is 13.5. The molecule has 1 rings (SSSR count). The average molecular weight is 318 g/mol. The van der Waals surface area contributed by atoms with Crippen molar-refractivity contribution in [1.82, 2.24) is 5.32 Å². The summed E-state index contributed by atoms with van der Waals surface area (Å²) in [6.07, 6.45) is 5.07. The molecule has 1 aromatic heterocycles. The normalized spacial score (nSPS) is 14.8. The molecule has 2 unspecified atom stereocenters. The molecule has 1 N–H and O–H groups in total. The van der Waals surface area contributed by atoms with Crippen molar-refractivity contribution in [2.24, 2.45) is 5.92 Å². The maximum Gasteiger partial charge on any atom is 0.0701 e. The van der Waals surface area contributed by atoms with Crippen molar-refractivity contribution < 1.29 is 0 Å². The van der Waals surface area contributed by atoms with Crippen LogP contribution in [0.3, 0.4) is 0 Å². The second kappa shape index (κ2) is 8.28. The number of hydrogen-bond acceptors (Lipinski definition) is 2. The molecular formula is C14H24BrNS. The third-order valence-electron chi connectivity index (χ3n) is 3.00. The van der Waals surface area contributed by atoms with Gasteiger partial charge in [0.2, 0.25) is 0 Å². The summed E-state index contributed by atoms with van der Waals surface area (Å²) in [5, 5.41) is 3.68. The Labute approximate surface area is 118 Å². The SMILES string of the molecule is CCCNC(CC(C)CCC)c1ccc(Br)s1. The van der Waals surface area contributed by atoms with Crippen LogP contribution >= 0.6 is 27.3 Å². The third-order valence-corrected chi connectivity index (χ3v) is 4.74. The molecule has 0 bridgehead atoms. The highest BCUT2D eigenvalue weighted by molar-refractivity contribution is 9.11. The molecule has 0 aliphatic rings. The smallest absolute Gasteiger partial charge is 0.0701 e. The third kappa shape index (κ3) is 5.54. The molecule has 17 heavy (non-hydrogen) atoms. The molecule has 0 spiro atoms. The monoisotopic (exact) mass is 317 g/mol. The number of rotatable bonds is 8. The molecule has 0 radical (unpaired) electrons. The quantitative estimate of drug-likeness (QED) is 0.679. The first kappa shape index (κ1) is 15.2. The maximum atomic E-state index is 3.68. The molecule has 0 saturated heterocycles. The molecule has 1 nitrogen and oxygen atoms in total. The zero-order chi connectivity index (χ0) is 12.7. The Morgan fingerprint density at radius 2 is 2.06 bits per heavy atom. The molecule has 0 aliphatic carbocycles. The highest BCUT2D eigenvalue weighted by Gasteiger charge is 2.15. The summed E-state index contributed by atoms with van der Waals surface area (Å²) in [6, 6.07) is 4.94. The fourth-order valence-corrected chi connectivity index (χ4v) is 3.66. The first-order chi connectivity index (χ1) is 8.17. The molecule has 0 saturated carbocycles. The Morgan fingerprint density at radius 1 is 1.29 bits per heavy atom. The van der Waals surface area contributed by atoms with Crippen LogP contribution < -0.4 is 5.32 Å². The van der Waals surface area contributed by atoms with Gasteiger partial charge in [-0.15, -0.1) is 11.3 Å². The zero-order valence-electron chi connectivity index (χ0n) is 11.1. The van der Waals surface area contributed by atoms with Crippen LogP contribution in [0.2, 0.25) is 0 Å². The highest BCUT2D eigenvalue weighted by Crippen LogP contribution is 2.31. The van der Waals surface area contributed by atoms with Crippen LogP contribution in [0.25, 0.3) is 0 Å². The number of thiophene rings is 1. The van der Waals surface area contributed by atoms with E-state index in [9.17, 15) is 0 Å². The van der Waals surface area contributed by atoms with Gasteiger partial charge in [-0.1, -0.05) is 33.6 Å². The van der Waals surface area contributed by atoms with Gasteiger partial charge in [0.1, 0.15) is 0 Å². The van der Waals surface area contributed by atoms with Gasteiger partial charge in [-0.3, -0.25) is 0 Å². The Hall–Kier alpha value is 0.140. The summed E-state index contributed by atoms with van der Waals surface area (Å²) in [7, 11) is 0. The first-order valence-electron chi connectivity index (χ1n) is 6.66. The van der Waals surface area contributed by atoms with Crippen LogP contribution in [0.15, 0.2) is 15.9 Å². The number of halogens is 1. The van der Waals surface area contributed by atoms with Gasteiger partial charge in [0.15, 0.2) is 0 Å². The van der Waals surface area contributed by atoms with Gasteiger partial charge in [0, 0.05) is 10.9 Å². The van der Waals surface area contributed by atoms with Crippen LogP contribution in [-0.2, 0) is 0 Å². The van der Waals surface area contributed by atoms with E-state index in [2.05, 4.69) is 54.2 Å². The standard InChI is InChI=1S/C14H24BrNS/c1-4-6-11(3)10-12(16-9-5-2)13-7-8-14(15)17-13/h7-8,11-12,16H,4-6,9-10H2,1-3H3. The highest BCUT2D eigenvalue weighted by atomic mass is 79.9. The molecule has 0 aliphatic heterocycles. The Kier molecular flexibility index (Phi) is 7.40. The summed E-state index contributed by atoms with van der Waals surface area (Å²) >= 11 is 5.42. The van der Waals surface area contributed by atoms with E-state index in [-0.39, 0.29) is 0 Å². The van der Waals surface area contributed by atoms with Gasteiger partial charge in [0.25, 0.3) is 0 Å². The minimum atomic E-state index is 0.535. The average Bonchev–Trinajstić information content (AvgIpc) is 2.71.